The molecule has 3 nitrogen and oxygen atoms in total. The molecule has 4 heteroatoms. The number of hydrogen-bond donors (Lipinski definition) is 1. The third-order valence-electron chi connectivity index (χ3n) is 3.92. The molecule has 1 N–H and O–H groups in total. The van der Waals surface area contributed by atoms with Gasteiger partial charge in [0, 0.05) is 17.5 Å². The van der Waals surface area contributed by atoms with Crippen molar-refractivity contribution < 1.29 is 4.90 Å². The molecular formula is C17H18N3S+. The van der Waals surface area contributed by atoms with Crippen LogP contribution >= 0.6 is 11.8 Å². The van der Waals surface area contributed by atoms with E-state index in [0.717, 1.165) is 31.1 Å². The molecule has 0 aliphatic carbocycles. The predicted molar refractivity (Wildman–Crippen MR) is 84.1 cm³/mol. The minimum absolute atomic E-state index is 0.710. The first-order valence-electron chi connectivity index (χ1n) is 7.14. The van der Waals surface area contributed by atoms with Crippen LogP contribution in [0.4, 0.5) is 0 Å². The van der Waals surface area contributed by atoms with Gasteiger partial charge in [-0.1, -0.05) is 30.3 Å². The van der Waals surface area contributed by atoms with E-state index >= 15 is 0 Å². The minimum Gasteiger partial charge on any atom is -0.327 e. The van der Waals surface area contributed by atoms with Crippen molar-refractivity contribution in [3.8, 4) is 6.07 Å². The van der Waals surface area contributed by atoms with E-state index in [9.17, 15) is 5.26 Å². The van der Waals surface area contributed by atoms with Crippen LogP contribution in [-0.2, 0) is 19.5 Å². The molecule has 0 bridgehead atoms. The van der Waals surface area contributed by atoms with Crippen LogP contribution in [0, 0.1) is 11.3 Å². The molecule has 1 unspecified atom stereocenters. The van der Waals surface area contributed by atoms with Crippen molar-refractivity contribution in [3.05, 3.63) is 58.8 Å². The fourth-order valence-electron chi connectivity index (χ4n) is 2.87. The van der Waals surface area contributed by atoms with Crippen LogP contribution in [0.1, 0.15) is 22.4 Å². The zero-order valence-electron chi connectivity index (χ0n) is 12.1. The summed E-state index contributed by atoms with van der Waals surface area (Å²) in [5.41, 5.74) is 4.49. The molecule has 21 heavy (non-hydrogen) atoms. The van der Waals surface area contributed by atoms with Gasteiger partial charge in [0.25, 0.3) is 0 Å². The van der Waals surface area contributed by atoms with E-state index < -0.39 is 0 Å². The van der Waals surface area contributed by atoms with Crippen LogP contribution in [0.15, 0.2) is 41.4 Å². The maximum absolute atomic E-state index is 9.24. The zero-order valence-corrected chi connectivity index (χ0v) is 12.9. The number of rotatable bonds is 3. The molecule has 2 heterocycles. The van der Waals surface area contributed by atoms with Gasteiger partial charge in [0.15, 0.2) is 0 Å². The average Bonchev–Trinajstić information content (AvgIpc) is 2.54. The van der Waals surface area contributed by atoms with Crippen molar-refractivity contribution in [3.63, 3.8) is 0 Å². The predicted octanol–water partition coefficient (Wildman–Crippen LogP) is 1.82. The molecule has 1 atom stereocenters. The van der Waals surface area contributed by atoms with E-state index in [-0.39, 0.29) is 0 Å². The molecule has 1 aromatic carbocycles. The van der Waals surface area contributed by atoms with Gasteiger partial charge in [-0.25, -0.2) is 4.98 Å². The van der Waals surface area contributed by atoms with E-state index in [2.05, 4.69) is 41.4 Å². The smallest absolute Gasteiger partial charge is 0.114 e. The fourth-order valence-corrected chi connectivity index (χ4v) is 3.39. The molecule has 0 saturated carbocycles. The highest BCUT2D eigenvalue weighted by molar-refractivity contribution is 7.98. The molecule has 2 aromatic rings. The number of quaternary nitrogens is 1. The van der Waals surface area contributed by atoms with Gasteiger partial charge in [0.1, 0.15) is 24.2 Å². The highest BCUT2D eigenvalue weighted by atomic mass is 32.2. The van der Waals surface area contributed by atoms with Gasteiger partial charge in [-0.2, -0.15) is 5.26 Å². The second-order valence-corrected chi connectivity index (χ2v) is 6.15. The largest absolute Gasteiger partial charge is 0.327 e. The first-order valence-corrected chi connectivity index (χ1v) is 8.37. The van der Waals surface area contributed by atoms with Crippen LogP contribution < -0.4 is 4.90 Å². The summed E-state index contributed by atoms with van der Waals surface area (Å²) in [6, 6.07) is 14.9. The molecule has 1 aliphatic heterocycles. The summed E-state index contributed by atoms with van der Waals surface area (Å²) in [5.74, 6) is 0. The third kappa shape index (κ3) is 3.10. The molecule has 0 amide bonds. The number of aromatic nitrogens is 1. The second kappa shape index (κ2) is 6.30. The number of nitrogens with one attached hydrogen (secondary N) is 1. The summed E-state index contributed by atoms with van der Waals surface area (Å²) in [6.07, 6.45) is 2.97. The van der Waals surface area contributed by atoms with Crippen molar-refractivity contribution in [2.45, 2.75) is 24.5 Å². The van der Waals surface area contributed by atoms with Crippen molar-refractivity contribution >= 4 is 11.8 Å². The number of hydrogen-bond acceptors (Lipinski definition) is 3. The summed E-state index contributed by atoms with van der Waals surface area (Å²) < 4.78 is 0. The number of pyridine rings is 1. The van der Waals surface area contributed by atoms with E-state index in [0.29, 0.717) is 5.56 Å². The maximum atomic E-state index is 9.24. The van der Waals surface area contributed by atoms with Gasteiger partial charge in [-0.05, 0) is 12.3 Å². The maximum Gasteiger partial charge on any atom is 0.114 e. The van der Waals surface area contributed by atoms with E-state index in [1.807, 2.05) is 12.3 Å². The van der Waals surface area contributed by atoms with Gasteiger partial charge in [0.05, 0.1) is 17.8 Å². The average molecular weight is 296 g/mol. The topological polar surface area (TPSA) is 41.1 Å². The van der Waals surface area contributed by atoms with Gasteiger partial charge in [-0.3, -0.25) is 0 Å². The van der Waals surface area contributed by atoms with Crippen LogP contribution in [0.2, 0.25) is 0 Å². The van der Waals surface area contributed by atoms with Crippen molar-refractivity contribution in [1.82, 2.24) is 4.98 Å². The molecule has 0 spiro atoms. The Morgan fingerprint density at radius 1 is 1.33 bits per heavy atom. The minimum atomic E-state index is 0.710. The van der Waals surface area contributed by atoms with Crippen LogP contribution in [0.25, 0.3) is 0 Å². The van der Waals surface area contributed by atoms with Gasteiger partial charge >= 0.3 is 0 Å². The fraction of sp³-hybridized carbons (Fsp3) is 0.294. The van der Waals surface area contributed by atoms with Crippen LogP contribution in [0.5, 0.6) is 0 Å². The Morgan fingerprint density at radius 3 is 2.86 bits per heavy atom. The van der Waals surface area contributed by atoms with E-state index in [4.69, 9.17) is 0 Å². The van der Waals surface area contributed by atoms with E-state index in [1.54, 1.807) is 11.8 Å². The third-order valence-corrected chi connectivity index (χ3v) is 4.62. The Hall–Kier alpha value is -1.83. The first-order chi connectivity index (χ1) is 10.3. The Morgan fingerprint density at radius 2 is 2.14 bits per heavy atom. The monoisotopic (exact) mass is 296 g/mol. The molecule has 0 saturated heterocycles. The SMILES string of the molecule is CSc1nc2c(cc1C#N)C[NH+](Cc1ccccc1)CC2. The standard InChI is InChI=1S/C17H17N3S/c1-21-17-14(10-18)9-15-12-20(8-7-16(15)19-17)11-13-5-3-2-4-6-13/h2-6,9H,7-8,11-12H2,1H3/p+1. The number of thioether (sulfide) groups is 1. The normalized spacial score (nSPS) is 17.0. The lowest BCUT2D eigenvalue weighted by Gasteiger charge is -2.26. The molecule has 0 fully saturated rings. The summed E-state index contributed by atoms with van der Waals surface area (Å²) in [5, 5.41) is 10.1. The van der Waals surface area contributed by atoms with Gasteiger partial charge in [0.2, 0.25) is 0 Å². The lowest BCUT2D eigenvalue weighted by Crippen LogP contribution is -3.10. The highest BCUT2D eigenvalue weighted by Crippen LogP contribution is 2.21. The molecule has 1 aliphatic rings. The lowest BCUT2D eigenvalue weighted by molar-refractivity contribution is -0.929. The summed E-state index contributed by atoms with van der Waals surface area (Å²) in [4.78, 5) is 6.21. The molecule has 106 valence electrons. The number of nitriles is 1. The van der Waals surface area contributed by atoms with Gasteiger partial charge in [-0.15, -0.1) is 11.8 Å². The van der Waals surface area contributed by atoms with Crippen LogP contribution in [-0.4, -0.2) is 17.8 Å². The number of benzene rings is 1. The highest BCUT2D eigenvalue weighted by Gasteiger charge is 2.22. The van der Waals surface area contributed by atoms with Crippen molar-refractivity contribution in [1.29, 1.82) is 5.26 Å². The number of fused-ring (bicyclic) bond motifs is 1. The molecular weight excluding hydrogens is 278 g/mol. The Kier molecular flexibility index (Phi) is 4.23. The summed E-state index contributed by atoms with van der Waals surface area (Å²) in [6.45, 7) is 3.10. The Balaban J connectivity index is 1.81. The molecule has 0 radical (unpaired) electrons. The second-order valence-electron chi connectivity index (χ2n) is 5.35. The van der Waals surface area contributed by atoms with Gasteiger partial charge < -0.3 is 4.90 Å². The molecule has 1 aromatic heterocycles. The number of nitrogens with zero attached hydrogens (tertiary/aromatic N) is 2. The first kappa shape index (κ1) is 14.1. The summed E-state index contributed by atoms with van der Waals surface area (Å²) in [7, 11) is 0. The van der Waals surface area contributed by atoms with E-state index in [1.165, 1.54) is 21.7 Å². The van der Waals surface area contributed by atoms with Crippen molar-refractivity contribution in [2.24, 2.45) is 0 Å². The van der Waals surface area contributed by atoms with Crippen molar-refractivity contribution in [2.75, 3.05) is 12.8 Å². The lowest BCUT2D eigenvalue weighted by atomic mass is 10.0. The quantitative estimate of drug-likeness (QED) is 0.878. The van der Waals surface area contributed by atoms with Crippen LogP contribution in [0.3, 0.4) is 0 Å². The Labute approximate surface area is 129 Å². The summed E-state index contributed by atoms with van der Waals surface area (Å²) >= 11 is 1.56. The molecule has 3 rings (SSSR count). The Bertz CT molecular complexity index is 676. The zero-order chi connectivity index (χ0) is 14.7.